The molecule has 0 amide bonds. The fraction of sp³-hybridized carbons (Fsp3) is 0. The highest BCUT2D eigenvalue weighted by atomic mass is 16.3. The van der Waals surface area contributed by atoms with Gasteiger partial charge in [0, 0.05) is 38.1 Å². The van der Waals surface area contributed by atoms with Crippen molar-refractivity contribution in [2.45, 2.75) is 0 Å². The van der Waals surface area contributed by atoms with Gasteiger partial charge < -0.3 is 8.82 Å². The average Bonchev–Trinajstić information content (AvgIpc) is 3.79. The van der Waals surface area contributed by atoms with Crippen LogP contribution in [0.3, 0.4) is 0 Å². The first-order valence-electron chi connectivity index (χ1n) is 16.5. The van der Waals surface area contributed by atoms with Gasteiger partial charge in [0.1, 0.15) is 11.2 Å². The number of nitrogens with zero attached hydrogens (tertiary/aromatic N) is 5. The van der Waals surface area contributed by atoms with E-state index in [1.807, 2.05) is 18.2 Å². The molecule has 0 spiro atoms. The van der Waals surface area contributed by atoms with Crippen LogP contribution in [0.1, 0.15) is 0 Å². The Labute approximate surface area is 277 Å². The molecule has 0 radical (unpaired) electrons. The Balaban J connectivity index is 1.28. The molecule has 0 aliphatic rings. The summed E-state index contributed by atoms with van der Waals surface area (Å²) in [5.74, 6) is 1.83. The minimum atomic E-state index is 0.574. The van der Waals surface area contributed by atoms with E-state index in [0.717, 1.165) is 71.2 Å². The van der Waals surface area contributed by atoms with Crippen LogP contribution in [0.2, 0.25) is 0 Å². The van der Waals surface area contributed by atoms with E-state index in [4.69, 9.17) is 19.4 Å². The summed E-state index contributed by atoms with van der Waals surface area (Å²) in [6, 6.07) is 48.7. The molecule has 0 atom stereocenters. The zero-order valence-corrected chi connectivity index (χ0v) is 25.9. The maximum Gasteiger partial charge on any atom is 0.238 e. The van der Waals surface area contributed by atoms with Gasteiger partial charge in [-0.1, -0.05) is 97.1 Å². The van der Waals surface area contributed by atoms with Gasteiger partial charge in [0.25, 0.3) is 0 Å². The SMILES string of the molecule is c1ccc(-c2nc(-c3cccc4ccccc34)nc(-n3c4ccc5oc6ccc7c8ccccc8n8c9cccc3c9c4c5c6c78)n2)cc1. The molecule has 12 aromatic rings. The molecule has 0 saturated heterocycles. The summed E-state index contributed by atoms with van der Waals surface area (Å²) in [6.07, 6.45) is 0. The highest BCUT2D eigenvalue weighted by Crippen LogP contribution is 2.48. The van der Waals surface area contributed by atoms with Gasteiger partial charge in [-0.2, -0.15) is 9.97 Å². The normalized spacial score (nSPS) is 12.5. The second-order valence-corrected chi connectivity index (χ2v) is 12.8. The monoisotopic (exact) mass is 625 g/mol. The lowest BCUT2D eigenvalue weighted by molar-refractivity contribution is 0.669. The number of furan rings is 1. The molecule has 12 rings (SSSR count). The van der Waals surface area contributed by atoms with Crippen LogP contribution in [0.25, 0.3) is 111 Å². The molecule has 0 unspecified atom stereocenters. The van der Waals surface area contributed by atoms with E-state index in [2.05, 4.69) is 130 Å². The summed E-state index contributed by atoms with van der Waals surface area (Å²) in [6.45, 7) is 0. The van der Waals surface area contributed by atoms with E-state index in [1.165, 1.54) is 21.8 Å². The van der Waals surface area contributed by atoms with Crippen LogP contribution in [-0.4, -0.2) is 23.9 Å². The third-order valence-corrected chi connectivity index (χ3v) is 10.3. The van der Waals surface area contributed by atoms with E-state index >= 15 is 0 Å². The summed E-state index contributed by atoms with van der Waals surface area (Å²) >= 11 is 0. The summed E-state index contributed by atoms with van der Waals surface area (Å²) in [7, 11) is 0. The van der Waals surface area contributed by atoms with Crippen molar-refractivity contribution < 1.29 is 4.42 Å². The van der Waals surface area contributed by atoms with Crippen molar-refractivity contribution in [1.82, 2.24) is 23.9 Å². The van der Waals surface area contributed by atoms with Gasteiger partial charge in [-0.05, 0) is 53.2 Å². The summed E-state index contributed by atoms with van der Waals surface area (Å²) in [5, 5.41) is 9.26. The zero-order chi connectivity index (χ0) is 31.8. The number of benzene rings is 7. The average molecular weight is 626 g/mol. The summed E-state index contributed by atoms with van der Waals surface area (Å²) < 4.78 is 11.2. The predicted molar refractivity (Wildman–Crippen MR) is 198 cm³/mol. The fourth-order valence-corrected chi connectivity index (χ4v) is 8.30. The highest BCUT2D eigenvalue weighted by Gasteiger charge is 2.27. The van der Waals surface area contributed by atoms with Crippen molar-refractivity contribution in [3.8, 4) is 28.7 Å². The van der Waals surface area contributed by atoms with Crippen LogP contribution in [0.4, 0.5) is 0 Å². The molecule has 49 heavy (non-hydrogen) atoms. The Kier molecular flexibility index (Phi) is 4.63. The lowest BCUT2D eigenvalue weighted by Gasteiger charge is -2.12. The first kappa shape index (κ1) is 25.3. The van der Waals surface area contributed by atoms with Crippen LogP contribution in [-0.2, 0) is 0 Å². The number of para-hydroxylation sites is 1. The van der Waals surface area contributed by atoms with Crippen LogP contribution in [0.5, 0.6) is 0 Å². The Morgan fingerprint density at radius 3 is 2.06 bits per heavy atom. The van der Waals surface area contributed by atoms with Crippen LogP contribution in [0, 0.1) is 0 Å². The van der Waals surface area contributed by atoms with Gasteiger partial charge in [-0.15, -0.1) is 0 Å². The lowest BCUT2D eigenvalue weighted by Crippen LogP contribution is -2.06. The quantitative estimate of drug-likeness (QED) is 0.196. The van der Waals surface area contributed by atoms with E-state index in [1.54, 1.807) is 0 Å². The highest BCUT2D eigenvalue weighted by molar-refractivity contribution is 6.36. The predicted octanol–water partition coefficient (Wildman–Crippen LogP) is 10.8. The smallest absolute Gasteiger partial charge is 0.238 e. The van der Waals surface area contributed by atoms with E-state index in [0.29, 0.717) is 17.6 Å². The summed E-state index contributed by atoms with van der Waals surface area (Å²) in [4.78, 5) is 15.6. The molecular formula is C43H23N5O. The molecule has 0 saturated carbocycles. The second-order valence-electron chi connectivity index (χ2n) is 12.8. The van der Waals surface area contributed by atoms with Gasteiger partial charge in [0.05, 0.1) is 33.0 Å². The lowest BCUT2D eigenvalue weighted by atomic mass is 10.0. The number of fused-ring (bicyclic) bond motifs is 5. The number of aromatic nitrogens is 5. The third-order valence-electron chi connectivity index (χ3n) is 10.3. The van der Waals surface area contributed by atoms with Crippen LogP contribution < -0.4 is 0 Å². The Hall–Kier alpha value is -6.79. The number of hydrogen-bond acceptors (Lipinski definition) is 4. The second kappa shape index (κ2) is 8.97. The van der Waals surface area contributed by atoms with Gasteiger partial charge in [-0.25, -0.2) is 4.98 Å². The maximum absolute atomic E-state index is 6.58. The third kappa shape index (κ3) is 3.18. The Morgan fingerprint density at radius 2 is 1.12 bits per heavy atom. The van der Waals surface area contributed by atoms with Crippen molar-refractivity contribution in [1.29, 1.82) is 0 Å². The van der Waals surface area contributed by atoms with Gasteiger partial charge >= 0.3 is 0 Å². The van der Waals surface area contributed by atoms with Crippen molar-refractivity contribution in [2.75, 3.05) is 0 Å². The molecule has 0 aliphatic carbocycles. The van der Waals surface area contributed by atoms with E-state index < -0.39 is 0 Å². The molecule has 0 aliphatic heterocycles. The molecule has 0 N–H and O–H groups in total. The van der Waals surface area contributed by atoms with Gasteiger partial charge in [0.2, 0.25) is 5.95 Å². The van der Waals surface area contributed by atoms with Crippen molar-refractivity contribution >= 4 is 81.8 Å². The minimum Gasteiger partial charge on any atom is -0.456 e. The van der Waals surface area contributed by atoms with Gasteiger partial charge in [0.15, 0.2) is 11.6 Å². The first-order valence-corrected chi connectivity index (χ1v) is 16.5. The van der Waals surface area contributed by atoms with Crippen molar-refractivity contribution in [2.24, 2.45) is 0 Å². The molecule has 226 valence electrons. The Bertz CT molecular complexity index is 3270. The largest absolute Gasteiger partial charge is 0.456 e. The van der Waals surface area contributed by atoms with E-state index in [-0.39, 0.29) is 0 Å². The molecular weight excluding hydrogens is 603 g/mol. The molecule has 0 fully saturated rings. The van der Waals surface area contributed by atoms with Crippen LogP contribution in [0.15, 0.2) is 144 Å². The zero-order valence-electron chi connectivity index (χ0n) is 25.9. The molecule has 5 aromatic heterocycles. The Morgan fingerprint density at radius 1 is 0.429 bits per heavy atom. The summed E-state index contributed by atoms with van der Waals surface area (Å²) in [5.41, 5.74) is 9.21. The van der Waals surface area contributed by atoms with Crippen molar-refractivity contribution in [3.05, 3.63) is 140 Å². The molecule has 7 aromatic carbocycles. The van der Waals surface area contributed by atoms with Crippen molar-refractivity contribution in [3.63, 3.8) is 0 Å². The van der Waals surface area contributed by atoms with Gasteiger partial charge in [-0.3, -0.25) is 4.57 Å². The first-order chi connectivity index (χ1) is 24.3. The molecule has 6 heteroatoms. The number of rotatable bonds is 3. The standard InChI is InChI=1S/C43H23N5O/c1-2-11-25(12-3-1)41-44-42(29-16-8-13-24-10-4-5-14-26(24)29)46-43(45-41)48-32-19-9-18-31-36(32)37-33(48)21-23-34-38(37)39-35(49-34)22-20-28-27-15-6-7-17-30(27)47(31)40(28)39/h1-23H. The van der Waals surface area contributed by atoms with E-state index in [9.17, 15) is 0 Å². The topological polar surface area (TPSA) is 61.2 Å². The molecule has 6 nitrogen and oxygen atoms in total. The minimum absolute atomic E-state index is 0.574. The molecule has 5 heterocycles. The number of hydrogen-bond donors (Lipinski definition) is 0. The van der Waals surface area contributed by atoms with Crippen LogP contribution >= 0.6 is 0 Å². The molecule has 0 bridgehead atoms. The maximum atomic E-state index is 6.58. The fourth-order valence-electron chi connectivity index (χ4n) is 8.30.